The van der Waals surface area contributed by atoms with E-state index in [1.807, 2.05) is 19.9 Å². The number of hydrogen-bond acceptors (Lipinski definition) is 3. The van der Waals surface area contributed by atoms with Crippen LogP contribution < -0.4 is 10.5 Å². The monoisotopic (exact) mass is 257 g/mol. The molecule has 1 rings (SSSR count). The van der Waals surface area contributed by atoms with E-state index in [1.54, 1.807) is 12.1 Å². The minimum Gasteiger partial charge on any atom is -0.489 e. The summed E-state index contributed by atoms with van der Waals surface area (Å²) in [5.74, 6) is 0.587. The Labute approximate surface area is 108 Å². The number of hydrogen-bond donors (Lipinski definition) is 2. The lowest BCUT2D eigenvalue weighted by atomic mass is 9.99. The maximum Gasteiger partial charge on any atom is 0.138 e. The van der Waals surface area contributed by atoms with Gasteiger partial charge in [0.15, 0.2) is 0 Å². The summed E-state index contributed by atoms with van der Waals surface area (Å²) in [4.78, 5) is 0. The second-order valence-corrected chi connectivity index (χ2v) is 4.60. The summed E-state index contributed by atoms with van der Waals surface area (Å²) in [5.41, 5.74) is 5.70. The quantitative estimate of drug-likeness (QED) is 0.824. The number of ether oxygens (including phenoxy) is 1. The largest absolute Gasteiger partial charge is 0.489 e. The fraction of sp³-hybridized carbons (Fsp3) is 0.538. The molecule has 0 fully saturated rings. The second-order valence-electron chi connectivity index (χ2n) is 4.19. The first-order valence-electron chi connectivity index (χ1n) is 5.88. The van der Waals surface area contributed by atoms with Crippen molar-refractivity contribution in [3.63, 3.8) is 0 Å². The van der Waals surface area contributed by atoms with Gasteiger partial charge in [-0.25, -0.2) is 0 Å². The Kier molecular flexibility index (Phi) is 5.25. The summed E-state index contributed by atoms with van der Waals surface area (Å²) >= 11 is 6.06. The van der Waals surface area contributed by atoms with Crippen LogP contribution in [0.15, 0.2) is 18.2 Å². The number of rotatable bonds is 6. The molecule has 0 heterocycles. The van der Waals surface area contributed by atoms with Crippen LogP contribution in [-0.2, 0) is 6.54 Å². The zero-order valence-corrected chi connectivity index (χ0v) is 11.1. The SMILES string of the molecule is CCC(O)(CC)COc1ccc(CN)cc1Cl. The normalized spacial score (nSPS) is 11.6. The molecule has 96 valence electrons. The predicted molar refractivity (Wildman–Crippen MR) is 70.4 cm³/mol. The zero-order chi connectivity index (χ0) is 12.9. The molecule has 0 atom stereocenters. The van der Waals surface area contributed by atoms with Crippen LogP contribution in [0.1, 0.15) is 32.3 Å². The van der Waals surface area contributed by atoms with Crippen molar-refractivity contribution in [2.24, 2.45) is 5.73 Å². The highest BCUT2D eigenvalue weighted by atomic mass is 35.5. The average Bonchev–Trinajstić information content (AvgIpc) is 2.36. The molecule has 1 aromatic carbocycles. The molecule has 17 heavy (non-hydrogen) atoms. The maximum atomic E-state index is 10.1. The van der Waals surface area contributed by atoms with Crippen molar-refractivity contribution in [1.82, 2.24) is 0 Å². The van der Waals surface area contributed by atoms with Crippen LogP contribution in [-0.4, -0.2) is 17.3 Å². The molecule has 3 nitrogen and oxygen atoms in total. The minimum atomic E-state index is -0.782. The van der Waals surface area contributed by atoms with Crippen molar-refractivity contribution in [2.75, 3.05) is 6.61 Å². The third kappa shape index (κ3) is 3.87. The molecule has 0 radical (unpaired) electrons. The molecule has 0 aromatic heterocycles. The van der Waals surface area contributed by atoms with E-state index in [2.05, 4.69) is 0 Å². The fourth-order valence-corrected chi connectivity index (χ4v) is 1.71. The minimum absolute atomic E-state index is 0.252. The van der Waals surface area contributed by atoms with Crippen LogP contribution in [0.5, 0.6) is 5.75 Å². The molecule has 0 saturated carbocycles. The van der Waals surface area contributed by atoms with Gasteiger partial charge in [0.2, 0.25) is 0 Å². The van der Waals surface area contributed by atoms with E-state index in [4.69, 9.17) is 22.1 Å². The number of benzene rings is 1. The Morgan fingerprint density at radius 3 is 2.47 bits per heavy atom. The van der Waals surface area contributed by atoms with Crippen molar-refractivity contribution in [3.05, 3.63) is 28.8 Å². The molecule has 1 aromatic rings. The van der Waals surface area contributed by atoms with Gasteiger partial charge in [-0.1, -0.05) is 31.5 Å². The van der Waals surface area contributed by atoms with Crippen LogP contribution in [0.25, 0.3) is 0 Å². The molecule has 4 heteroatoms. The van der Waals surface area contributed by atoms with Gasteiger partial charge in [0.25, 0.3) is 0 Å². The molecule has 0 amide bonds. The topological polar surface area (TPSA) is 55.5 Å². The third-order valence-electron chi connectivity index (χ3n) is 3.04. The summed E-state index contributed by atoms with van der Waals surface area (Å²) < 4.78 is 5.56. The van der Waals surface area contributed by atoms with E-state index in [0.29, 0.717) is 30.2 Å². The molecule has 0 saturated heterocycles. The fourth-order valence-electron chi connectivity index (χ4n) is 1.45. The first-order chi connectivity index (χ1) is 8.04. The van der Waals surface area contributed by atoms with Crippen LogP contribution in [0.2, 0.25) is 5.02 Å². The molecule has 3 N–H and O–H groups in total. The van der Waals surface area contributed by atoms with Gasteiger partial charge in [0.05, 0.1) is 10.6 Å². The summed E-state index contributed by atoms with van der Waals surface area (Å²) in [7, 11) is 0. The van der Waals surface area contributed by atoms with Crippen LogP contribution in [0, 0.1) is 0 Å². The van der Waals surface area contributed by atoms with Crippen LogP contribution >= 0.6 is 11.6 Å². The molecule has 0 aliphatic carbocycles. The summed E-state index contributed by atoms with van der Waals surface area (Å²) in [6.45, 7) is 4.58. The molecule has 0 aliphatic heterocycles. The lowest BCUT2D eigenvalue weighted by molar-refractivity contribution is -0.0113. The van der Waals surface area contributed by atoms with E-state index in [-0.39, 0.29) is 6.61 Å². The molecular formula is C13H20ClNO2. The Morgan fingerprint density at radius 2 is 2.00 bits per heavy atom. The van der Waals surface area contributed by atoms with Gasteiger partial charge >= 0.3 is 0 Å². The lowest BCUT2D eigenvalue weighted by Gasteiger charge is -2.25. The average molecular weight is 258 g/mol. The Hall–Kier alpha value is -0.770. The zero-order valence-electron chi connectivity index (χ0n) is 10.4. The van der Waals surface area contributed by atoms with Gasteiger partial charge in [0.1, 0.15) is 12.4 Å². The van der Waals surface area contributed by atoms with Gasteiger partial charge in [-0.3, -0.25) is 0 Å². The van der Waals surface area contributed by atoms with Crippen molar-refractivity contribution in [1.29, 1.82) is 0 Å². The number of aliphatic hydroxyl groups is 1. The van der Waals surface area contributed by atoms with Crippen LogP contribution in [0.3, 0.4) is 0 Å². The predicted octanol–water partition coefficient (Wildman–Crippen LogP) is 2.73. The maximum absolute atomic E-state index is 10.1. The van der Waals surface area contributed by atoms with Crippen molar-refractivity contribution in [3.8, 4) is 5.75 Å². The number of halogens is 1. The van der Waals surface area contributed by atoms with E-state index < -0.39 is 5.60 Å². The van der Waals surface area contributed by atoms with E-state index in [9.17, 15) is 5.11 Å². The third-order valence-corrected chi connectivity index (χ3v) is 3.34. The van der Waals surface area contributed by atoms with Gasteiger partial charge in [-0.15, -0.1) is 0 Å². The first kappa shape index (κ1) is 14.3. The summed E-state index contributed by atoms with van der Waals surface area (Å²) in [6, 6.07) is 5.45. The Balaban J connectivity index is 2.69. The molecule has 0 unspecified atom stereocenters. The van der Waals surface area contributed by atoms with Gasteiger partial charge in [0, 0.05) is 6.54 Å². The number of nitrogens with two attached hydrogens (primary N) is 1. The molecule has 0 aliphatic rings. The second kappa shape index (κ2) is 6.24. The van der Waals surface area contributed by atoms with Gasteiger partial charge in [-0.2, -0.15) is 0 Å². The van der Waals surface area contributed by atoms with Crippen molar-refractivity contribution >= 4 is 11.6 Å². The molecule has 0 spiro atoms. The highest BCUT2D eigenvalue weighted by Gasteiger charge is 2.23. The van der Waals surface area contributed by atoms with Gasteiger partial charge < -0.3 is 15.6 Å². The lowest BCUT2D eigenvalue weighted by Crippen LogP contribution is -2.34. The summed E-state index contributed by atoms with van der Waals surface area (Å²) in [6.07, 6.45) is 1.31. The Morgan fingerprint density at radius 1 is 1.35 bits per heavy atom. The van der Waals surface area contributed by atoms with Crippen LogP contribution in [0.4, 0.5) is 0 Å². The highest BCUT2D eigenvalue weighted by molar-refractivity contribution is 6.32. The molecule has 0 bridgehead atoms. The highest BCUT2D eigenvalue weighted by Crippen LogP contribution is 2.27. The first-order valence-corrected chi connectivity index (χ1v) is 6.26. The standard InChI is InChI=1S/C13H20ClNO2/c1-3-13(16,4-2)9-17-12-6-5-10(8-15)7-11(12)14/h5-7,16H,3-4,8-9,15H2,1-2H3. The smallest absolute Gasteiger partial charge is 0.138 e. The molecular weight excluding hydrogens is 238 g/mol. The van der Waals surface area contributed by atoms with E-state index in [0.717, 1.165) is 5.56 Å². The van der Waals surface area contributed by atoms with E-state index >= 15 is 0 Å². The van der Waals surface area contributed by atoms with Crippen molar-refractivity contribution < 1.29 is 9.84 Å². The Bertz CT molecular complexity index is 364. The van der Waals surface area contributed by atoms with Crippen molar-refractivity contribution in [2.45, 2.75) is 38.8 Å². The van der Waals surface area contributed by atoms with Gasteiger partial charge in [-0.05, 0) is 30.5 Å². The summed E-state index contributed by atoms with van der Waals surface area (Å²) in [5, 5.41) is 10.6. The van der Waals surface area contributed by atoms with E-state index in [1.165, 1.54) is 0 Å².